The molecule has 8 heteroatoms. The molecule has 0 radical (unpaired) electrons. The van der Waals surface area contributed by atoms with Gasteiger partial charge in [0, 0.05) is 5.56 Å². The van der Waals surface area contributed by atoms with Gasteiger partial charge in [-0.1, -0.05) is 29.8 Å². The summed E-state index contributed by atoms with van der Waals surface area (Å²) >= 11 is 1.24. The third kappa shape index (κ3) is 4.62. The van der Waals surface area contributed by atoms with E-state index in [9.17, 15) is 14.4 Å². The van der Waals surface area contributed by atoms with E-state index in [0.717, 1.165) is 16.7 Å². The molecule has 2 N–H and O–H groups in total. The van der Waals surface area contributed by atoms with Gasteiger partial charge in [0.25, 0.3) is 5.91 Å². The number of ether oxygens (including phenoxy) is 1. The third-order valence-corrected chi connectivity index (χ3v) is 4.50. The molecule has 1 aromatic carbocycles. The van der Waals surface area contributed by atoms with Crippen LogP contribution in [0.15, 0.2) is 58.5 Å². The summed E-state index contributed by atoms with van der Waals surface area (Å²) in [6.45, 7) is 1.46. The molecule has 0 unspecified atom stereocenters. The molecular formula is C19H16N2O5S. The van der Waals surface area contributed by atoms with Crippen LogP contribution < -0.4 is 10.9 Å². The first-order valence-corrected chi connectivity index (χ1v) is 8.87. The summed E-state index contributed by atoms with van der Waals surface area (Å²) in [5.74, 6) is -1.84. The molecule has 3 aromatic rings. The molecule has 0 fully saturated rings. The minimum Gasteiger partial charge on any atom is -0.459 e. The normalized spacial score (nSPS) is 10.3. The average Bonchev–Trinajstić information content (AvgIpc) is 3.36. The Balaban J connectivity index is 1.54. The third-order valence-electron chi connectivity index (χ3n) is 3.61. The van der Waals surface area contributed by atoms with Gasteiger partial charge in [-0.2, -0.15) is 0 Å². The van der Waals surface area contributed by atoms with Crippen molar-refractivity contribution in [2.75, 3.05) is 6.61 Å². The minimum atomic E-state index is -0.670. The molecule has 7 nitrogen and oxygen atoms in total. The number of hydrogen-bond donors (Lipinski definition) is 2. The average molecular weight is 384 g/mol. The number of rotatable bonds is 5. The first-order chi connectivity index (χ1) is 13.0. The zero-order valence-electron chi connectivity index (χ0n) is 14.4. The van der Waals surface area contributed by atoms with Crippen LogP contribution in [0.2, 0.25) is 0 Å². The standard InChI is InChI=1S/C19H16N2O5S/c1-12-4-6-13(7-5-12)14-8-10-27-17(14)19(24)26-11-16(22)20-21-18(23)15-3-2-9-25-15/h2-10H,11H2,1H3,(H,20,22)(H,21,23). The number of furan rings is 1. The maximum absolute atomic E-state index is 12.3. The van der Waals surface area contributed by atoms with Crippen LogP contribution in [0.3, 0.4) is 0 Å². The number of hydrazine groups is 1. The lowest BCUT2D eigenvalue weighted by Gasteiger charge is -2.08. The maximum atomic E-state index is 12.3. The fourth-order valence-corrected chi connectivity index (χ4v) is 3.06. The Labute approximate surface area is 158 Å². The Morgan fingerprint density at radius 1 is 1.07 bits per heavy atom. The number of esters is 1. The number of aryl methyl sites for hydroxylation is 1. The van der Waals surface area contributed by atoms with Crippen molar-refractivity contribution in [1.29, 1.82) is 0 Å². The summed E-state index contributed by atoms with van der Waals surface area (Å²) < 4.78 is 9.93. The largest absolute Gasteiger partial charge is 0.459 e. The van der Waals surface area contributed by atoms with Crippen molar-refractivity contribution in [3.8, 4) is 11.1 Å². The van der Waals surface area contributed by atoms with Gasteiger partial charge in [-0.15, -0.1) is 11.3 Å². The van der Waals surface area contributed by atoms with Crippen LogP contribution in [-0.2, 0) is 9.53 Å². The molecule has 0 bridgehead atoms. The first kappa shape index (κ1) is 18.4. The molecule has 0 aliphatic rings. The lowest BCUT2D eigenvalue weighted by atomic mass is 10.1. The molecule has 2 heterocycles. The van der Waals surface area contributed by atoms with E-state index in [0.29, 0.717) is 4.88 Å². The zero-order valence-corrected chi connectivity index (χ0v) is 15.2. The van der Waals surface area contributed by atoms with E-state index in [2.05, 4.69) is 10.9 Å². The smallest absolute Gasteiger partial charge is 0.349 e. The van der Waals surface area contributed by atoms with E-state index in [1.54, 1.807) is 11.4 Å². The second-order valence-corrected chi connectivity index (χ2v) is 6.50. The lowest BCUT2D eigenvalue weighted by molar-refractivity contribution is -0.125. The van der Waals surface area contributed by atoms with Crippen LogP contribution in [0.25, 0.3) is 11.1 Å². The van der Waals surface area contributed by atoms with Crippen LogP contribution >= 0.6 is 11.3 Å². The molecule has 2 amide bonds. The van der Waals surface area contributed by atoms with Gasteiger partial charge in [-0.05, 0) is 36.1 Å². The second kappa shape index (κ2) is 8.33. The Hall–Kier alpha value is -3.39. The number of nitrogens with one attached hydrogen (secondary N) is 2. The summed E-state index contributed by atoms with van der Waals surface area (Å²) in [6, 6.07) is 12.6. The van der Waals surface area contributed by atoms with Gasteiger partial charge in [-0.3, -0.25) is 20.4 Å². The number of amides is 2. The van der Waals surface area contributed by atoms with Crippen molar-refractivity contribution in [1.82, 2.24) is 10.9 Å². The fraction of sp³-hybridized carbons (Fsp3) is 0.105. The quantitative estimate of drug-likeness (QED) is 0.521. The van der Waals surface area contributed by atoms with E-state index in [1.165, 1.54) is 23.7 Å². The molecule has 3 rings (SSSR count). The van der Waals surface area contributed by atoms with Crippen LogP contribution in [0.1, 0.15) is 25.8 Å². The monoisotopic (exact) mass is 384 g/mol. The SMILES string of the molecule is Cc1ccc(-c2ccsc2C(=O)OCC(=O)NNC(=O)c2ccco2)cc1. The predicted octanol–water partition coefficient (Wildman–Crippen LogP) is 2.93. The Morgan fingerprint density at radius 3 is 2.56 bits per heavy atom. The van der Waals surface area contributed by atoms with Crippen molar-refractivity contribution in [3.05, 3.63) is 70.3 Å². The topological polar surface area (TPSA) is 97.6 Å². The highest BCUT2D eigenvalue weighted by atomic mass is 32.1. The van der Waals surface area contributed by atoms with Gasteiger partial charge < -0.3 is 9.15 Å². The van der Waals surface area contributed by atoms with Crippen LogP contribution in [0.5, 0.6) is 0 Å². The highest BCUT2D eigenvalue weighted by molar-refractivity contribution is 7.12. The zero-order chi connectivity index (χ0) is 19.2. The molecule has 0 saturated heterocycles. The van der Waals surface area contributed by atoms with Gasteiger partial charge in [-0.25, -0.2) is 4.79 Å². The molecule has 27 heavy (non-hydrogen) atoms. The highest BCUT2D eigenvalue weighted by Crippen LogP contribution is 2.29. The number of carbonyl (C=O) groups excluding carboxylic acids is 3. The second-order valence-electron chi connectivity index (χ2n) is 5.59. The lowest BCUT2D eigenvalue weighted by Crippen LogP contribution is -2.43. The van der Waals surface area contributed by atoms with Crippen LogP contribution in [-0.4, -0.2) is 24.4 Å². The molecule has 0 saturated carbocycles. The predicted molar refractivity (Wildman–Crippen MR) is 99.1 cm³/mol. The van der Waals surface area contributed by atoms with Crippen molar-refractivity contribution >= 4 is 29.1 Å². The van der Waals surface area contributed by atoms with Crippen molar-refractivity contribution in [3.63, 3.8) is 0 Å². The number of hydrogen-bond acceptors (Lipinski definition) is 6. The maximum Gasteiger partial charge on any atom is 0.349 e. The Kier molecular flexibility index (Phi) is 5.68. The van der Waals surface area contributed by atoms with Gasteiger partial charge in [0.15, 0.2) is 12.4 Å². The van der Waals surface area contributed by atoms with E-state index in [4.69, 9.17) is 9.15 Å². The molecule has 2 aromatic heterocycles. The van der Waals surface area contributed by atoms with Crippen LogP contribution in [0.4, 0.5) is 0 Å². The summed E-state index contributed by atoms with van der Waals surface area (Å²) in [5, 5.41) is 1.79. The number of benzene rings is 1. The molecule has 138 valence electrons. The minimum absolute atomic E-state index is 0.0496. The Morgan fingerprint density at radius 2 is 1.85 bits per heavy atom. The van der Waals surface area contributed by atoms with Gasteiger partial charge in [0.05, 0.1) is 6.26 Å². The van der Waals surface area contributed by atoms with E-state index < -0.39 is 24.4 Å². The highest BCUT2D eigenvalue weighted by Gasteiger charge is 2.18. The number of carbonyl (C=O) groups is 3. The number of thiophene rings is 1. The van der Waals surface area contributed by atoms with E-state index >= 15 is 0 Å². The van der Waals surface area contributed by atoms with Crippen molar-refractivity contribution < 1.29 is 23.5 Å². The van der Waals surface area contributed by atoms with Crippen LogP contribution in [0, 0.1) is 6.92 Å². The van der Waals surface area contributed by atoms with Gasteiger partial charge in [0.1, 0.15) is 4.88 Å². The van der Waals surface area contributed by atoms with Gasteiger partial charge >= 0.3 is 11.9 Å². The summed E-state index contributed by atoms with van der Waals surface area (Å²) in [5.41, 5.74) is 7.07. The molecule has 0 aliphatic heterocycles. The first-order valence-electron chi connectivity index (χ1n) is 7.99. The Bertz CT molecular complexity index is 945. The van der Waals surface area contributed by atoms with Gasteiger partial charge in [0.2, 0.25) is 0 Å². The molecule has 0 aliphatic carbocycles. The van der Waals surface area contributed by atoms with E-state index in [-0.39, 0.29) is 5.76 Å². The summed E-state index contributed by atoms with van der Waals surface area (Å²) in [7, 11) is 0. The van der Waals surface area contributed by atoms with E-state index in [1.807, 2.05) is 37.3 Å². The summed E-state index contributed by atoms with van der Waals surface area (Å²) in [6.07, 6.45) is 1.34. The molecule has 0 spiro atoms. The van der Waals surface area contributed by atoms with Crippen molar-refractivity contribution in [2.24, 2.45) is 0 Å². The molecular weight excluding hydrogens is 368 g/mol. The molecule has 0 atom stereocenters. The fourth-order valence-electron chi connectivity index (χ4n) is 2.26. The van der Waals surface area contributed by atoms with Crippen molar-refractivity contribution in [2.45, 2.75) is 6.92 Å². The summed E-state index contributed by atoms with van der Waals surface area (Å²) in [4.78, 5) is 36.1.